The number of benzene rings is 1. The first-order valence-corrected chi connectivity index (χ1v) is 5.58. The van der Waals surface area contributed by atoms with Crippen LogP contribution in [-0.2, 0) is 9.47 Å². The fraction of sp³-hybridized carbons (Fsp3) is 0.333. The Bertz CT molecular complexity index is 507. The average molecular weight is 267 g/mol. The molecule has 0 radical (unpaired) electrons. The number of hydrogen-bond donors (Lipinski definition) is 1. The van der Waals surface area contributed by atoms with Crippen LogP contribution in [0.4, 0.5) is 5.69 Å². The molecule has 1 N–H and O–H groups in total. The number of non-ortho nitro benzene ring substituents is 1. The predicted molar refractivity (Wildman–Crippen MR) is 66.0 cm³/mol. The maximum absolute atomic E-state index is 10.8. The zero-order valence-corrected chi connectivity index (χ0v) is 10.2. The first kappa shape index (κ1) is 13.3. The van der Waals surface area contributed by atoms with Gasteiger partial charge in [-0.2, -0.15) is 0 Å². The monoisotopic (exact) mass is 267 g/mol. The van der Waals surface area contributed by atoms with Gasteiger partial charge in [0.2, 0.25) is 0 Å². The van der Waals surface area contributed by atoms with E-state index in [4.69, 9.17) is 14.2 Å². The third kappa shape index (κ3) is 3.01. The summed E-state index contributed by atoms with van der Waals surface area (Å²) in [6, 6.07) is 2.42. The number of rotatable bonds is 4. The van der Waals surface area contributed by atoms with Crippen molar-refractivity contribution in [3.63, 3.8) is 0 Å². The molecule has 0 atom stereocenters. The van der Waals surface area contributed by atoms with Crippen LogP contribution in [0.15, 0.2) is 18.2 Å². The molecule has 1 aliphatic heterocycles. The highest BCUT2D eigenvalue weighted by Crippen LogP contribution is 2.35. The SMILES string of the molecule is COc1cc([N+](=O)[O-])cc(/C=C/C2OCCO2)c1O. The molecule has 1 aliphatic rings. The van der Waals surface area contributed by atoms with E-state index in [1.165, 1.54) is 19.3 Å². The second-order valence-corrected chi connectivity index (χ2v) is 3.81. The number of phenolic OH excluding ortho intramolecular Hbond substituents is 1. The molecule has 0 spiro atoms. The molecule has 7 heteroatoms. The Labute approximate surface area is 109 Å². The van der Waals surface area contributed by atoms with Crippen LogP contribution in [0, 0.1) is 10.1 Å². The molecule has 102 valence electrons. The summed E-state index contributed by atoms with van der Waals surface area (Å²) in [6.07, 6.45) is 2.58. The predicted octanol–water partition coefficient (Wildman–Crippen LogP) is 1.70. The zero-order valence-electron chi connectivity index (χ0n) is 10.2. The third-order valence-electron chi connectivity index (χ3n) is 2.60. The molecule has 1 fully saturated rings. The van der Waals surface area contributed by atoms with Crippen molar-refractivity contribution in [3.8, 4) is 11.5 Å². The van der Waals surface area contributed by atoms with Gasteiger partial charge in [0, 0.05) is 11.6 Å². The van der Waals surface area contributed by atoms with Gasteiger partial charge in [0.1, 0.15) is 0 Å². The van der Waals surface area contributed by atoms with E-state index in [1.807, 2.05) is 0 Å². The van der Waals surface area contributed by atoms with Crippen LogP contribution in [0.2, 0.25) is 0 Å². The van der Waals surface area contributed by atoms with Crippen molar-refractivity contribution in [2.75, 3.05) is 20.3 Å². The molecule has 0 aromatic heterocycles. The number of phenols is 1. The minimum absolute atomic E-state index is 0.0436. The van der Waals surface area contributed by atoms with Crippen LogP contribution in [0.3, 0.4) is 0 Å². The molecule has 0 bridgehead atoms. The topological polar surface area (TPSA) is 91.1 Å². The van der Waals surface area contributed by atoms with Crippen molar-refractivity contribution >= 4 is 11.8 Å². The van der Waals surface area contributed by atoms with Gasteiger partial charge in [-0.15, -0.1) is 0 Å². The third-order valence-corrected chi connectivity index (χ3v) is 2.60. The molecule has 19 heavy (non-hydrogen) atoms. The normalized spacial score (nSPS) is 16.1. The molecule has 0 aliphatic carbocycles. The Hall–Kier alpha value is -2.12. The smallest absolute Gasteiger partial charge is 0.274 e. The fourth-order valence-electron chi connectivity index (χ4n) is 1.67. The number of nitro groups is 1. The van der Waals surface area contributed by atoms with Gasteiger partial charge in [-0.1, -0.05) is 0 Å². The first-order chi connectivity index (χ1) is 9.11. The van der Waals surface area contributed by atoms with Crippen LogP contribution in [0.25, 0.3) is 6.08 Å². The van der Waals surface area contributed by atoms with Crippen LogP contribution < -0.4 is 4.74 Å². The van der Waals surface area contributed by atoms with Crippen molar-refractivity contribution in [2.24, 2.45) is 0 Å². The Morgan fingerprint density at radius 3 is 2.74 bits per heavy atom. The summed E-state index contributed by atoms with van der Waals surface area (Å²) in [5, 5.41) is 20.7. The Kier molecular flexibility index (Phi) is 3.98. The highest BCUT2D eigenvalue weighted by atomic mass is 16.7. The lowest BCUT2D eigenvalue weighted by atomic mass is 10.1. The summed E-state index contributed by atoms with van der Waals surface area (Å²) in [6.45, 7) is 0.999. The number of methoxy groups -OCH3 is 1. The number of hydrogen-bond acceptors (Lipinski definition) is 6. The molecule has 1 heterocycles. The summed E-state index contributed by atoms with van der Waals surface area (Å²) in [4.78, 5) is 10.2. The number of aromatic hydroxyl groups is 1. The molecule has 1 aromatic rings. The number of ether oxygens (including phenoxy) is 3. The molecule has 1 aromatic carbocycles. The van der Waals surface area contributed by atoms with Gasteiger partial charge in [0.15, 0.2) is 17.8 Å². The summed E-state index contributed by atoms with van der Waals surface area (Å²) in [5.74, 6) is -0.121. The highest BCUT2D eigenvalue weighted by molar-refractivity contribution is 5.66. The zero-order chi connectivity index (χ0) is 13.8. The lowest BCUT2D eigenvalue weighted by Gasteiger charge is -2.07. The minimum Gasteiger partial charge on any atom is -0.504 e. The average Bonchev–Trinajstić information content (AvgIpc) is 2.90. The molecule has 0 amide bonds. The fourth-order valence-corrected chi connectivity index (χ4v) is 1.67. The molecule has 0 unspecified atom stereocenters. The van der Waals surface area contributed by atoms with Crippen LogP contribution in [-0.4, -0.2) is 36.6 Å². The van der Waals surface area contributed by atoms with E-state index < -0.39 is 11.2 Å². The summed E-state index contributed by atoms with van der Waals surface area (Å²) in [5.41, 5.74) is 0.104. The molecule has 1 saturated heterocycles. The second kappa shape index (κ2) is 5.68. The Morgan fingerprint density at radius 2 is 2.16 bits per heavy atom. The number of nitrogens with zero attached hydrogens (tertiary/aromatic N) is 1. The van der Waals surface area contributed by atoms with E-state index in [0.717, 1.165) is 6.07 Å². The van der Waals surface area contributed by atoms with Crippen molar-refractivity contribution in [1.82, 2.24) is 0 Å². The van der Waals surface area contributed by atoms with Crippen LogP contribution in [0.5, 0.6) is 11.5 Å². The summed E-state index contributed by atoms with van der Waals surface area (Å²) in [7, 11) is 1.33. The largest absolute Gasteiger partial charge is 0.504 e. The van der Waals surface area contributed by atoms with Gasteiger partial charge in [-0.25, -0.2) is 0 Å². The van der Waals surface area contributed by atoms with Gasteiger partial charge in [-0.3, -0.25) is 10.1 Å². The van der Waals surface area contributed by atoms with Gasteiger partial charge in [-0.05, 0) is 12.2 Å². The van der Waals surface area contributed by atoms with Gasteiger partial charge in [0.05, 0.1) is 31.3 Å². The molecular weight excluding hydrogens is 254 g/mol. The van der Waals surface area contributed by atoms with Crippen molar-refractivity contribution in [3.05, 3.63) is 33.9 Å². The first-order valence-electron chi connectivity index (χ1n) is 5.58. The van der Waals surface area contributed by atoms with E-state index >= 15 is 0 Å². The lowest BCUT2D eigenvalue weighted by Crippen LogP contribution is -2.01. The maximum atomic E-state index is 10.8. The second-order valence-electron chi connectivity index (χ2n) is 3.81. The minimum atomic E-state index is -0.554. The molecular formula is C12H13NO6. The summed E-state index contributed by atoms with van der Waals surface area (Å²) >= 11 is 0. The van der Waals surface area contributed by atoms with Crippen molar-refractivity contribution < 1.29 is 24.2 Å². The Balaban J connectivity index is 2.31. The quantitative estimate of drug-likeness (QED) is 0.659. The van der Waals surface area contributed by atoms with Crippen LogP contribution >= 0.6 is 0 Å². The van der Waals surface area contributed by atoms with E-state index in [-0.39, 0.29) is 22.7 Å². The molecule has 7 nitrogen and oxygen atoms in total. The van der Waals surface area contributed by atoms with E-state index in [9.17, 15) is 15.2 Å². The standard InChI is InChI=1S/C12H13NO6/c1-17-10-7-9(13(15)16)6-8(12(10)14)2-3-11-18-4-5-19-11/h2-3,6-7,11,14H,4-5H2,1H3/b3-2+. The van der Waals surface area contributed by atoms with Gasteiger partial charge < -0.3 is 19.3 Å². The lowest BCUT2D eigenvalue weighted by molar-refractivity contribution is -0.385. The highest BCUT2D eigenvalue weighted by Gasteiger charge is 2.17. The molecule has 2 rings (SSSR count). The van der Waals surface area contributed by atoms with Crippen molar-refractivity contribution in [1.29, 1.82) is 0 Å². The van der Waals surface area contributed by atoms with Gasteiger partial charge >= 0.3 is 0 Å². The van der Waals surface area contributed by atoms with Crippen molar-refractivity contribution in [2.45, 2.75) is 6.29 Å². The van der Waals surface area contributed by atoms with Crippen LogP contribution in [0.1, 0.15) is 5.56 Å². The van der Waals surface area contributed by atoms with E-state index in [1.54, 1.807) is 6.08 Å². The number of nitro benzene ring substituents is 1. The maximum Gasteiger partial charge on any atom is 0.274 e. The summed E-state index contributed by atoms with van der Waals surface area (Å²) < 4.78 is 15.3. The molecule has 0 saturated carbocycles. The van der Waals surface area contributed by atoms with Gasteiger partial charge in [0.25, 0.3) is 5.69 Å². The van der Waals surface area contributed by atoms with E-state index in [0.29, 0.717) is 13.2 Å². The Morgan fingerprint density at radius 1 is 1.47 bits per heavy atom. The van der Waals surface area contributed by atoms with E-state index in [2.05, 4.69) is 0 Å².